The van der Waals surface area contributed by atoms with E-state index in [1.807, 2.05) is 38.4 Å². The zero-order valence-electron chi connectivity index (χ0n) is 17.8. The van der Waals surface area contributed by atoms with Crippen molar-refractivity contribution in [3.8, 4) is 11.4 Å². The summed E-state index contributed by atoms with van der Waals surface area (Å²) in [5.74, 6) is 0. The fourth-order valence-corrected chi connectivity index (χ4v) is 4.61. The summed E-state index contributed by atoms with van der Waals surface area (Å²) in [5, 5.41) is 4.62. The average molecular weight is 416 g/mol. The highest BCUT2D eigenvalue weighted by Crippen LogP contribution is 2.28. The molecular weight excluding hydrogens is 390 g/mol. The maximum Gasteiger partial charge on any atom is 0.258 e. The van der Waals surface area contributed by atoms with Crippen LogP contribution in [0.1, 0.15) is 24.2 Å². The van der Waals surface area contributed by atoms with Gasteiger partial charge in [0.2, 0.25) is 0 Å². The van der Waals surface area contributed by atoms with Crippen LogP contribution in [0.25, 0.3) is 22.6 Å². The molecule has 5 heterocycles. The molecule has 158 valence electrons. The van der Waals surface area contributed by atoms with E-state index in [-0.39, 0.29) is 5.56 Å². The summed E-state index contributed by atoms with van der Waals surface area (Å²) in [6, 6.07) is 8.32. The van der Waals surface area contributed by atoms with Crippen LogP contribution in [0.3, 0.4) is 0 Å². The van der Waals surface area contributed by atoms with E-state index in [1.54, 1.807) is 15.0 Å². The standard InChI is InChI=1S/C23H25N7O/c1-15-13-30-21(16(2)24-15)11-20(26-30)19-12-23(31)29-14-18(5-6-22(29)25-19)28-9-7-27(8-10-28)17-3-4-17/h5-6,11-14,17H,3-4,7-10H2,1-2H3. The zero-order chi connectivity index (χ0) is 21.1. The number of aromatic nitrogens is 5. The second-order valence-corrected chi connectivity index (χ2v) is 8.68. The summed E-state index contributed by atoms with van der Waals surface area (Å²) in [6.07, 6.45) is 6.50. The van der Waals surface area contributed by atoms with E-state index in [0.29, 0.717) is 17.0 Å². The number of hydrogen-bond donors (Lipinski definition) is 0. The smallest absolute Gasteiger partial charge is 0.258 e. The molecular formula is C23H25N7O. The molecule has 2 aliphatic rings. The van der Waals surface area contributed by atoms with Crippen LogP contribution < -0.4 is 10.5 Å². The molecule has 0 bridgehead atoms. The van der Waals surface area contributed by atoms with Crippen LogP contribution in [0, 0.1) is 13.8 Å². The van der Waals surface area contributed by atoms with E-state index in [1.165, 1.54) is 12.8 Å². The summed E-state index contributed by atoms with van der Waals surface area (Å²) in [5.41, 5.74) is 5.59. The predicted octanol–water partition coefficient (Wildman–Crippen LogP) is 2.31. The van der Waals surface area contributed by atoms with Gasteiger partial charge in [0.15, 0.2) is 0 Å². The molecule has 0 amide bonds. The van der Waals surface area contributed by atoms with Crippen molar-refractivity contribution in [1.82, 2.24) is 28.9 Å². The van der Waals surface area contributed by atoms with Crippen molar-refractivity contribution in [3.63, 3.8) is 0 Å². The number of rotatable bonds is 3. The Hall–Kier alpha value is -3.26. The molecule has 31 heavy (non-hydrogen) atoms. The Morgan fingerprint density at radius 1 is 0.935 bits per heavy atom. The number of nitrogens with zero attached hydrogens (tertiary/aromatic N) is 7. The molecule has 1 saturated heterocycles. The van der Waals surface area contributed by atoms with E-state index in [9.17, 15) is 4.79 Å². The van der Waals surface area contributed by atoms with Gasteiger partial charge in [-0.15, -0.1) is 0 Å². The quantitative estimate of drug-likeness (QED) is 0.511. The summed E-state index contributed by atoms with van der Waals surface area (Å²) < 4.78 is 3.44. The van der Waals surface area contributed by atoms with Crippen LogP contribution in [0.2, 0.25) is 0 Å². The SMILES string of the molecule is Cc1cn2nc(-c3cc(=O)n4cc(N5CCN(C6CC6)CC5)ccc4n3)cc2c(C)n1. The number of aryl methyl sites for hydroxylation is 2. The van der Waals surface area contributed by atoms with Crippen molar-refractivity contribution in [2.75, 3.05) is 31.1 Å². The topological polar surface area (TPSA) is 71.0 Å². The molecule has 0 aromatic carbocycles. The largest absolute Gasteiger partial charge is 0.368 e. The minimum absolute atomic E-state index is 0.0958. The van der Waals surface area contributed by atoms with E-state index in [4.69, 9.17) is 4.98 Å². The lowest BCUT2D eigenvalue weighted by molar-refractivity contribution is 0.248. The molecule has 6 rings (SSSR count). The van der Waals surface area contributed by atoms with Gasteiger partial charge in [0.1, 0.15) is 11.3 Å². The first-order chi connectivity index (χ1) is 15.0. The summed E-state index contributed by atoms with van der Waals surface area (Å²) in [6.45, 7) is 8.08. The molecule has 4 aromatic rings. The van der Waals surface area contributed by atoms with Gasteiger partial charge in [0, 0.05) is 44.5 Å². The number of piperazine rings is 1. The van der Waals surface area contributed by atoms with Crippen LogP contribution in [0.5, 0.6) is 0 Å². The van der Waals surface area contributed by atoms with Crippen LogP contribution in [-0.2, 0) is 0 Å². The van der Waals surface area contributed by atoms with Gasteiger partial charge < -0.3 is 4.90 Å². The molecule has 0 atom stereocenters. The van der Waals surface area contributed by atoms with Crippen molar-refractivity contribution >= 4 is 16.9 Å². The van der Waals surface area contributed by atoms with Crippen LogP contribution in [-0.4, -0.2) is 61.1 Å². The normalized spacial score (nSPS) is 17.7. The second kappa shape index (κ2) is 6.88. The van der Waals surface area contributed by atoms with Crippen LogP contribution >= 0.6 is 0 Å². The number of hydrogen-bond acceptors (Lipinski definition) is 6. The van der Waals surface area contributed by atoms with E-state index in [2.05, 4.69) is 25.9 Å². The predicted molar refractivity (Wildman–Crippen MR) is 120 cm³/mol. The van der Waals surface area contributed by atoms with Gasteiger partial charge in [-0.3, -0.25) is 19.1 Å². The van der Waals surface area contributed by atoms with Crippen LogP contribution in [0.15, 0.2) is 41.5 Å². The highest BCUT2D eigenvalue weighted by atomic mass is 16.1. The first-order valence-electron chi connectivity index (χ1n) is 10.9. The first-order valence-corrected chi connectivity index (χ1v) is 10.9. The molecule has 0 N–H and O–H groups in total. The van der Waals surface area contributed by atoms with E-state index >= 15 is 0 Å². The number of fused-ring (bicyclic) bond motifs is 2. The molecule has 8 heteroatoms. The molecule has 1 aliphatic heterocycles. The molecule has 4 aromatic heterocycles. The van der Waals surface area contributed by atoms with Crippen molar-refractivity contribution in [2.45, 2.75) is 32.7 Å². The number of anilines is 1. The highest BCUT2D eigenvalue weighted by Gasteiger charge is 2.31. The van der Waals surface area contributed by atoms with Gasteiger partial charge in [-0.05, 0) is 44.9 Å². The van der Waals surface area contributed by atoms with Gasteiger partial charge in [0.25, 0.3) is 5.56 Å². The fourth-order valence-electron chi connectivity index (χ4n) is 4.61. The lowest BCUT2D eigenvalue weighted by atomic mass is 10.2. The molecule has 8 nitrogen and oxygen atoms in total. The maximum atomic E-state index is 12.9. The molecule has 1 aliphatic carbocycles. The van der Waals surface area contributed by atoms with Gasteiger partial charge in [-0.25, -0.2) is 9.50 Å². The maximum absolute atomic E-state index is 12.9. The number of pyridine rings is 1. The second-order valence-electron chi connectivity index (χ2n) is 8.68. The van der Waals surface area contributed by atoms with Crippen molar-refractivity contribution in [3.05, 3.63) is 58.4 Å². The van der Waals surface area contributed by atoms with E-state index in [0.717, 1.165) is 54.8 Å². The molecule has 1 saturated carbocycles. The Balaban J connectivity index is 1.33. The Morgan fingerprint density at radius 3 is 2.52 bits per heavy atom. The molecule has 0 spiro atoms. The molecule has 0 radical (unpaired) electrons. The van der Waals surface area contributed by atoms with Crippen molar-refractivity contribution in [1.29, 1.82) is 0 Å². The van der Waals surface area contributed by atoms with Crippen LogP contribution in [0.4, 0.5) is 5.69 Å². The van der Waals surface area contributed by atoms with Gasteiger partial charge in [-0.2, -0.15) is 5.10 Å². The molecule has 2 fully saturated rings. The van der Waals surface area contributed by atoms with Crippen molar-refractivity contribution in [2.24, 2.45) is 0 Å². The third-order valence-corrected chi connectivity index (χ3v) is 6.41. The Morgan fingerprint density at radius 2 is 1.74 bits per heavy atom. The highest BCUT2D eigenvalue weighted by molar-refractivity contribution is 5.66. The first kappa shape index (κ1) is 18.5. The third kappa shape index (κ3) is 3.27. The minimum Gasteiger partial charge on any atom is -0.368 e. The van der Waals surface area contributed by atoms with Gasteiger partial charge in [-0.1, -0.05) is 0 Å². The summed E-state index contributed by atoms with van der Waals surface area (Å²) in [7, 11) is 0. The van der Waals surface area contributed by atoms with Gasteiger partial charge in [0.05, 0.1) is 34.5 Å². The third-order valence-electron chi connectivity index (χ3n) is 6.41. The van der Waals surface area contributed by atoms with Gasteiger partial charge >= 0.3 is 0 Å². The summed E-state index contributed by atoms with van der Waals surface area (Å²) >= 11 is 0. The average Bonchev–Trinajstić information content (AvgIpc) is 3.52. The fraction of sp³-hybridized carbons (Fsp3) is 0.391. The minimum atomic E-state index is -0.0958. The lowest BCUT2D eigenvalue weighted by Crippen LogP contribution is -2.47. The lowest BCUT2D eigenvalue weighted by Gasteiger charge is -2.36. The van der Waals surface area contributed by atoms with Crippen molar-refractivity contribution < 1.29 is 0 Å². The summed E-state index contributed by atoms with van der Waals surface area (Å²) in [4.78, 5) is 27.1. The zero-order valence-corrected chi connectivity index (χ0v) is 17.8. The Bertz CT molecular complexity index is 1360. The Kier molecular flexibility index (Phi) is 4.11. The monoisotopic (exact) mass is 415 g/mol. The Labute approximate surface area is 179 Å². The van der Waals surface area contributed by atoms with E-state index < -0.39 is 0 Å². The molecule has 0 unspecified atom stereocenters.